The highest BCUT2D eigenvalue weighted by Gasteiger charge is 2.21. The van der Waals surface area contributed by atoms with Gasteiger partial charge < -0.3 is 14.6 Å². The molecule has 0 saturated heterocycles. The van der Waals surface area contributed by atoms with Crippen LogP contribution >= 0.6 is 11.3 Å². The second kappa shape index (κ2) is 10.8. The number of rotatable bonds is 9. The first-order chi connectivity index (χ1) is 15.8. The lowest BCUT2D eigenvalue weighted by molar-refractivity contribution is -0.118. The van der Waals surface area contributed by atoms with E-state index in [1.54, 1.807) is 45.2 Å². The lowest BCUT2D eigenvalue weighted by Crippen LogP contribution is -2.32. The zero-order valence-corrected chi connectivity index (χ0v) is 19.7. The maximum absolute atomic E-state index is 12.6. The molecule has 0 aliphatic heterocycles. The number of carbonyl (C=O) groups excluding carboxylic acids is 3. The maximum atomic E-state index is 12.6. The molecular formula is C22H25N5O5S. The molecule has 0 fully saturated rings. The van der Waals surface area contributed by atoms with Gasteiger partial charge in [0.2, 0.25) is 17.6 Å². The summed E-state index contributed by atoms with van der Waals surface area (Å²) in [5.74, 6) is -0.171. The van der Waals surface area contributed by atoms with Gasteiger partial charge in [0.05, 0.1) is 12.3 Å². The van der Waals surface area contributed by atoms with Crippen LogP contribution in [0, 0.1) is 13.8 Å². The Morgan fingerprint density at radius 3 is 2.70 bits per heavy atom. The molecule has 0 aliphatic rings. The summed E-state index contributed by atoms with van der Waals surface area (Å²) in [6.45, 7) is 5.77. The molecule has 174 valence electrons. The fourth-order valence-electron chi connectivity index (χ4n) is 2.85. The van der Waals surface area contributed by atoms with Crippen LogP contribution in [-0.4, -0.2) is 53.1 Å². The Labute approximate surface area is 195 Å². The van der Waals surface area contributed by atoms with Crippen molar-refractivity contribution in [3.05, 3.63) is 46.3 Å². The van der Waals surface area contributed by atoms with Crippen molar-refractivity contribution in [2.45, 2.75) is 33.6 Å². The highest BCUT2D eigenvalue weighted by atomic mass is 32.1. The summed E-state index contributed by atoms with van der Waals surface area (Å²) in [5, 5.41) is 6.99. The number of thiazole rings is 1. The first kappa shape index (κ1) is 24.1. The van der Waals surface area contributed by atoms with E-state index in [1.807, 2.05) is 6.92 Å². The number of hydrogen-bond acceptors (Lipinski definition) is 9. The van der Waals surface area contributed by atoms with Gasteiger partial charge in [-0.15, -0.1) is 0 Å². The molecule has 3 rings (SSSR count). The Morgan fingerprint density at radius 1 is 1.21 bits per heavy atom. The summed E-state index contributed by atoms with van der Waals surface area (Å²) in [6.07, 6.45) is 0.793. The Bertz CT molecular complexity index is 1160. The summed E-state index contributed by atoms with van der Waals surface area (Å²) in [7, 11) is 1.58. The van der Waals surface area contributed by atoms with Crippen LogP contribution in [0.3, 0.4) is 0 Å². The van der Waals surface area contributed by atoms with Crippen molar-refractivity contribution in [1.82, 2.24) is 20.4 Å². The molecule has 1 aromatic carbocycles. The molecule has 10 nitrogen and oxygen atoms in total. The van der Waals surface area contributed by atoms with Gasteiger partial charge in [0, 0.05) is 38.1 Å². The van der Waals surface area contributed by atoms with Crippen LogP contribution in [-0.2, 0) is 9.53 Å². The molecule has 0 radical (unpaired) electrons. The molecule has 2 aromatic heterocycles. The van der Waals surface area contributed by atoms with Crippen molar-refractivity contribution < 1.29 is 23.6 Å². The minimum Gasteiger partial charge on any atom is -0.461 e. The van der Waals surface area contributed by atoms with E-state index in [0.717, 1.165) is 17.8 Å². The molecule has 2 heterocycles. The van der Waals surface area contributed by atoms with E-state index in [1.165, 1.54) is 4.90 Å². The molecule has 11 heteroatoms. The number of aryl methyl sites for hydroxylation is 2. The lowest BCUT2D eigenvalue weighted by Gasteiger charge is -2.14. The maximum Gasteiger partial charge on any atom is 0.350 e. The molecule has 0 unspecified atom stereocenters. The van der Waals surface area contributed by atoms with E-state index in [0.29, 0.717) is 45.2 Å². The number of ether oxygens (including phenoxy) is 1. The average Bonchev–Trinajstić information content (AvgIpc) is 3.42. The lowest BCUT2D eigenvalue weighted by atomic mass is 10.1. The van der Waals surface area contributed by atoms with Crippen molar-refractivity contribution >= 4 is 34.3 Å². The SMILES string of the molecule is CCCOC(=O)c1sc(N(C)C(=O)CCNC(=O)c2cccc(-c3noc(C)n3)c2)nc1C. The zero-order valence-electron chi connectivity index (χ0n) is 18.9. The van der Waals surface area contributed by atoms with Gasteiger partial charge in [-0.3, -0.25) is 14.5 Å². The monoisotopic (exact) mass is 471 g/mol. The molecule has 0 aliphatic carbocycles. The summed E-state index contributed by atoms with van der Waals surface area (Å²) >= 11 is 1.10. The molecule has 0 atom stereocenters. The minimum absolute atomic E-state index is 0.0697. The first-order valence-corrected chi connectivity index (χ1v) is 11.2. The summed E-state index contributed by atoms with van der Waals surface area (Å²) in [4.78, 5) is 47.4. The molecule has 33 heavy (non-hydrogen) atoms. The number of anilines is 1. The van der Waals surface area contributed by atoms with E-state index in [2.05, 4.69) is 20.4 Å². The van der Waals surface area contributed by atoms with Crippen LogP contribution in [0.4, 0.5) is 5.13 Å². The van der Waals surface area contributed by atoms with Crippen LogP contribution in [0.1, 0.15) is 51.4 Å². The Kier molecular flexibility index (Phi) is 7.88. The van der Waals surface area contributed by atoms with Crippen LogP contribution < -0.4 is 10.2 Å². The van der Waals surface area contributed by atoms with Crippen molar-refractivity contribution in [2.24, 2.45) is 0 Å². The Balaban J connectivity index is 1.55. The van der Waals surface area contributed by atoms with Crippen LogP contribution in [0.2, 0.25) is 0 Å². The van der Waals surface area contributed by atoms with Crippen molar-refractivity contribution in [2.75, 3.05) is 25.1 Å². The van der Waals surface area contributed by atoms with Crippen LogP contribution in [0.15, 0.2) is 28.8 Å². The zero-order chi connectivity index (χ0) is 24.0. The molecule has 2 amide bonds. The van der Waals surface area contributed by atoms with Gasteiger partial charge in [0.15, 0.2) is 5.13 Å². The highest BCUT2D eigenvalue weighted by molar-refractivity contribution is 7.17. The van der Waals surface area contributed by atoms with Crippen LogP contribution in [0.5, 0.6) is 0 Å². The highest BCUT2D eigenvalue weighted by Crippen LogP contribution is 2.26. The van der Waals surface area contributed by atoms with Crippen LogP contribution in [0.25, 0.3) is 11.4 Å². The molecule has 0 saturated carbocycles. The third kappa shape index (κ3) is 6.01. The normalized spacial score (nSPS) is 10.7. The number of nitrogens with one attached hydrogen (secondary N) is 1. The number of nitrogens with zero attached hydrogens (tertiary/aromatic N) is 4. The first-order valence-electron chi connectivity index (χ1n) is 10.4. The number of esters is 1. The summed E-state index contributed by atoms with van der Waals surface area (Å²) in [5.41, 5.74) is 1.59. The largest absolute Gasteiger partial charge is 0.461 e. The number of amides is 2. The van der Waals surface area contributed by atoms with Gasteiger partial charge in [-0.25, -0.2) is 9.78 Å². The van der Waals surface area contributed by atoms with E-state index >= 15 is 0 Å². The Hall–Kier alpha value is -3.60. The quantitative estimate of drug-likeness (QED) is 0.472. The molecular weight excluding hydrogens is 446 g/mol. The molecule has 1 N–H and O–H groups in total. The third-order valence-corrected chi connectivity index (χ3v) is 5.82. The number of hydrogen-bond donors (Lipinski definition) is 1. The van der Waals surface area contributed by atoms with Gasteiger partial charge in [0.1, 0.15) is 4.88 Å². The van der Waals surface area contributed by atoms with Gasteiger partial charge in [0.25, 0.3) is 5.91 Å². The fraction of sp³-hybridized carbons (Fsp3) is 0.364. The van der Waals surface area contributed by atoms with E-state index in [-0.39, 0.29) is 24.8 Å². The summed E-state index contributed by atoms with van der Waals surface area (Å²) < 4.78 is 10.1. The predicted octanol–water partition coefficient (Wildman–Crippen LogP) is 3.16. The van der Waals surface area contributed by atoms with Gasteiger partial charge in [-0.1, -0.05) is 35.5 Å². The van der Waals surface area contributed by atoms with Gasteiger partial charge in [-0.05, 0) is 25.5 Å². The van der Waals surface area contributed by atoms with Crippen molar-refractivity contribution in [3.63, 3.8) is 0 Å². The fourth-order valence-corrected chi connectivity index (χ4v) is 3.79. The topological polar surface area (TPSA) is 128 Å². The van der Waals surface area contributed by atoms with Gasteiger partial charge >= 0.3 is 5.97 Å². The number of carbonyl (C=O) groups is 3. The van der Waals surface area contributed by atoms with E-state index in [9.17, 15) is 14.4 Å². The van der Waals surface area contributed by atoms with E-state index in [4.69, 9.17) is 9.26 Å². The van der Waals surface area contributed by atoms with Crippen molar-refractivity contribution in [1.29, 1.82) is 0 Å². The standard InChI is InChI=1S/C22H25N5O5S/c1-5-11-31-21(30)18-13(2)24-22(33-18)27(4)17(28)9-10-23-20(29)16-8-6-7-15(12-16)19-25-14(3)32-26-19/h6-8,12H,5,9-11H2,1-4H3,(H,23,29). The Morgan fingerprint density at radius 2 is 2.00 bits per heavy atom. The minimum atomic E-state index is -0.440. The number of aromatic nitrogens is 3. The second-order valence-corrected chi connectivity index (χ2v) is 8.20. The smallest absolute Gasteiger partial charge is 0.350 e. The third-order valence-electron chi connectivity index (χ3n) is 4.60. The number of benzene rings is 1. The van der Waals surface area contributed by atoms with Gasteiger partial charge in [-0.2, -0.15) is 4.98 Å². The summed E-state index contributed by atoms with van der Waals surface area (Å²) in [6, 6.07) is 6.83. The molecule has 0 spiro atoms. The second-order valence-electron chi connectivity index (χ2n) is 7.22. The average molecular weight is 472 g/mol. The van der Waals surface area contributed by atoms with E-state index < -0.39 is 5.97 Å². The predicted molar refractivity (Wildman–Crippen MR) is 122 cm³/mol. The molecule has 0 bridgehead atoms. The molecule has 3 aromatic rings. The van der Waals surface area contributed by atoms with Crippen molar-refractivity contribution in [3.8, 4) is 11.4 Å².